The van der Waals surface area contributed by atoms with Gasteiger partial charge in [-0.2, -0.15) is 0 Å². The molecule has 6 nitrogen and oxygen atoms in total. The summed E-state index contributed by atoms with van der Waals surface area (Å²) in [6.07, 6.45) is -0.592. The van der Waals surface area contributed by atoms with Gasteiger partial charge in [-0.15, -0.1) is 5.10 Å². The van der Waals surface area contributed by atoms with E-state index in [1.165, 1.54) is 4.68 Å². The number of ether oxygens (including phenoxy) is 1. The number of hydrogen-bond acceptors (Lipinski definition) is 4. The minimum atomic E-state index is -3.09. The molecular formula is C16H28F2N4O2Si. The van der Waals surface area contributed by atoms with E-state index in [1.807, 2.05) is 0 Å². The van der Waals surface area contributed by atoms with Crippen molar-refractivity contribution in [3.63, 3.8) is 0 Å². The third-order valence-corrected chi connectivity index (χ3v) is 6.03. The molecule has 0 aliphatic carbocycles. The molecule has 0 spiro atoms. The topological polar surface area (TPSA) is 60.2 Å². The Morgan fingerprint density at radius 1 is 1.32 bits per heavy atom. The van der Waals surface area contributed by atoms with Crippen molar-refractivity contribution >= 4 is 19.5 Å². The van der Waals surface area contributed by atoms with E-state index in [2.05, 4.69) is 30.0 Å². The second kappa shape index (κ2) is 6.33. The van der Waals surface area contributed by atoms with Gasteiger partial charge in [0, 0.05) is 6.54 Å². The van der Waals surface area contributed by atoms with Crippen LogP contribution in [-0.4, -0.2) is 58.7 Å². The average Bonchev–Trinajstić information content (AvgIpc) is 2.77. The summed E-state index contributed by atoms with van der Waals surface area (Å²) in [5, 5.41) is 9.03. The lowest BCUT2D eigenvalue weighted by Crippen LogP contribution is -2.52. The summed E-state index contributed by atoms with van der Waals surface area (Å²) in [6.45, 7) is 12.8. The first-order chi connectivity index (χ1) is 11.2. The molecule has 142 valence electrons. The van der Waals surface area contributed by atoms with E-state index in [0.717, 1.165) is 10.2 Å². The third kappa shape index (κ3) is 4.37. The molecule has 0 unspecified atom stereocenters. The Bertz CT molecular complexity index is 650. The molecule has 0 radical (unpaired) electrons. The summed E-state index contributed by atoms with van der Waals surface area (Å²) in [5.41, 5.74) is -0.00707. The maximum Gasteiger partial charge on any atom is 0.410 e. The van der Waals surface area contributed by atoms with Gasteiger partial charge in [-0.25, -0.2) is 18.3 Å². The van der Waals surface area contributed by atoms with Crippen LogP contribution in [0.3, 0.4) is 0 Å². The lowest BCUT2D eigenvalue weighted by Gasteiger charge is -2.38. The summed E-state index contributed by atoms with van der Waals surface area (Å²) in [7, 11) is -1.75. The fraction of sp³-hybridized carbons (Fsp3) is 0.812. The largest absolute Gasteiger partial charge is 0.444 e. The van der Waals surface area contributed by atoms with Crippen LogP contribution in [0.25, 0.3) is 0 Å². The quantitative estimate of drug-likeness (QED) is 0.747. The van der Waals surface area contributed by atoms with Gasteiger partial charge in [0.15, 0.2) is 0 Å². The zero-order valence-corrected chi connectivity index (χ0v) is 17.1. The van der Waals surface area contributed by atoms with E-state index in [4.69, 9.17) is 4.74 Å². The van der Waals surface area contributed by atoms with Gasteiger partial charge in [0.1, 0.15) is 19.7 Å². The Balaban J connectivity index is 2.19. The Morgan fingerprint density at radius 2 is 1.92 bits per heavy atom. The maximum absolute atomic E-state index is 14.8. The molecule has 1 fully saturated rings. The highest BCUT2D eigenvalue weighted by Crippen LogP contribution is 2.37. The van der Waals surface area contributed by atoms with Crippen LogP contribution in [0, 0.1) is 6.92 Å². The van der Waals surface area contributed by atoms with Crippen LogP contribution in [0.2, 0.25) is 19.6 Å². The van der Waals surface area contributed by atoms with E-state index < -0.39 is 38.3 Å². The Labute approximate surface area is 148 Å². The molecule has 0 bridgehead atoms. The lowest BCUT2D eigenvalue weighted by atomic mass is 10.0. The molecule has 2 rings (SSSR count). The number of piperidine rings is 1. The Kier molecular flexibility index (Phi) is 5.02. The Morgan fingerprint density at radius 3 is 2.36 bits per heavy atom. The summed E-state index contributed by atoms with van der Waals surface area (Å²) in [5.74, 6) is -3.09. The maximum atomic E-state index is 14.8. The number of halogens is 2. The summed E-state index contributed by atoms with van der Waals surface area (Å²) in [6, 6.07) is -1.09. The van der Waals surface area contributed by atoms with Gasteiger partial charge in [0.05, 0.1) is 17.6 Å². The molecule has 9 heteroatoms. The molecule has 1 amide bonds. The molecule has 1 aromatic rings. The van der Waals surface area contributed by atoms with Crippen molar-refractivity contribution in [2.75, 3.05) is 13.1 Å². The number of hydrogen-bond donors (Lipinski definition) is 0. The smallest absolute Gasteiger partial charge is 0.410 e. The van der Waals surface area contributed by atoms with E-state index in [9.17, 15) is 13.6 Å². The molecule has 1 saturated heterocycles. The predicted octanol–water partition coefficient (Wildman–Crippen LogP) is 2.95. The molecule has 1 atom stereocenters. The van der Waals surface area contributed by atoms with Crippen LogP contribution < -0.4 is 5.32 Å². The van der Waals surface area contributed by atoms with Crippen molar-refractivity contribution in [2.24, 2.45) is 0 Å². The van der Waals surface area contributed by atoms with Gasteiger partial charge in [-0.1, -0.05) is 24.9 Å². The van der Waals surface area contributed by atoms with Crippen molar-refractivity contribution in [3.05, 3.63) is 5.69 Å². The zero-order valence-electron chi connectivity index (χ0n) is 16.1. The van der Waals surface area contributed by atoms with Gasteiger partial charge in [0.25, 0.3) is 5.92 Å². The van der Waals surface area contributed by atoms with E-state index in [1.54, 1.807) is 27.7 Å². The van der Waals surface area contributed by atoms with Crippen molar-refractivity contribution in [3.8, 4) is 0 Å². The standard InChI is InChI=1S/C16H28F2N4O2Si/c1-11-13(25(5,6)7)19-20-22(11)12-8-9-21(10-16(12,17)18)14(23)24-15(2,3)4/h12H,8-10H2,1-7H3/t12-/m1/s1. The van der Waals surface area contributed by atoms with Gasteiger partial charge >= 0.3 is 6.09 Å². The minimum absolute atomic E-state index is 0.113. The monoisotopic (exact) mass is 374 g/mol. The molecule has 1 aromatic heterocycles. The van der Waals surface area contributed by atoms with Gasteiger partial charge in [-0.3, -0.25) is 0 Å². The van der Waals surface area contributed by atoms with E-state index in [-0.39, 0.29) is 13.0 Å². The van der Waals surface area contributed by atoms with Crippen molar-refractivity contribution in [1.82, 2.24) is 19.9 Å². The van der Waals surface area contributed by atoms with Crippen molar-refractivity contribution in [1.29, 1.82) is 0 Å². The number of carbonyl (C=O) groups is 1. The summed E-state index contributed by atoms with van der Waals surface area (Å²) < 4.78 is 36.1. The third-order valence-electron chi connectivity index (χ3n) is 4.15. The van der Waals surface area contributed by atoms with Crippen LogP contribution in [0.1, 0.15) is 38.9 Å². The number of likely N-dealkylation sites (tertiary alicyclic amines) is 1. The van der Waals surface area contributed by atoms with Crippen LogP contribution in [0.5, 0.6) is 0 Å². The molecule has 2 heterocycles. The highest BCUT2D eigenvalue weighted by atomic mass is 28.3. The second-order valence-corrected chi connectivity index (χ2v) is 13.7. The fourth-order valence-electron chi connectivity index (χ4n) is 3.04. The fourth-order valence-corrected chi connectivity index (χ4v) is 4.59. The Hall–Kier alpha value is -1.51. The zero-order chi connectivity index (χ0) is 19.2. The van der Waals surface area contributed by atoms with Gasteiger partial charge in [-0.05, 0) is 34.1 Å². The highest BCUT2D eigenvalue weighted by Gasteiger charge is 2.49. The van der Waals surface area contributed by atoms with Crippen LogP contribution in [0.4, 0.5) is 13.6 Å². The predicted molar refractivity (Wildman–Crippen MR) is 94.1 cm³/mol. The molecule has 0 saturated carbocycles. The van der Waals surface area contributed by atoms with Gasteiger partial charge in [0.2, 0.25) is 0 Å². The van der Waals surface area contributed by atoms with E-state index in [0.29, 0.717) is 5.69 Å². The van der Waals surface area contributed by atoms with Gasteiger partial charge < -0.3 is 9.64 Å². The molecule has 1 aliphatic rings. The molecule has 0 aromatic carbocycles. The lowest BCUT2D eigenvalue weighted by molar-refractivity contribution is -0.107. The van der Waals surface area contributed by atoms with Crippen molar-refractivity contribution < 1.29 is 18.3 Å². The molecular weight excluding hydrogens is 346 g/mol. The SMILES string of the molecule is Cc1c([Si](C)(C)C)nnn1[C@@H]1CCN(C(=O)OC(C)(C)C)CC1(F)F. The number of aromatic nitrogens is 3. The number of rotatable bonds is 2. The number of alkyl halides is 2. The molecule has 25 heavy (non-hydrogen) atoms. The number of carbonyl (C=O) groups excluding carboxylic acids is 1. The first kappa shape index (κ1) is 19.8. The highest BCUT2D eigenvalue weighted by molar-refractivity contribution is 6.88. The first-order valence-corrected chi connectivity index (χ1v) is 12.0. The first-order valence-electron chi connectivity index (χ1n) is 8.50. The number of amides is 1. The average molecular weight is 375 g/mol. The molecule has 0 N–H and O–H groups in total. The van der Waals surface area contributed by atoms with Crippen LogP contribution >= 0.6 is 0 Å². The number of nitrogens with zero attached hydrogens (tertiary/aromatic N) is 4. The minimum Gasteiger partial charge on any atom is -0.444 e. The molecule has 1 aliphatic heterocycles. The second-order valence-electron chi connectivity index (χ2n) is 8.69. The van der Waals surface area contributed by atoms with Crippen LogP contribution in [0.15, 0.2) is 0 Å². The normalized spacial score (nSPS) is 21.3. The van der Waals surface area contributed by atoms with E-state index >= 15 is 0 Å². The van der Waals surface area contributed by atoms with Crippen LogP contribution in [-0.2, 0) is 4.74 Å². The summed E-state index contributed by atoms with van der Waals surface area (Å²) in [4.78, 5) is 13.2. The van der Waals surface area contributed by atoms with Crippen molar-refractivity contribution in [2.45, 2.75) is 71.3 Å². The summed E-state index contributed by atoms with van der Waals surface area (Å²) >= 11 is 0.